The first kappa shape index (κ1) is 23.0. The number of nitrogens with zero attached hydrogens (tertiary/aromatic N) is 4. The molecule has 0 aliphatic heterocycles. The van der Waals surface area contributed by atoms with Crippen LogP contribution in [0.3, 0.4) is 0 Å². The monoisotopic (exact) mass is 472 g/mol. The molecule has 180 valence electrons. The maximum Gasteiger partial charge on any atom is 0.331 e. The van der Waals surface area contributed by atoms with Crippen LogP contribution >= 0.6 is 0 Å². The van der Waals surface area contributed by atoms with Gasteiger partial charge in [0.1, 0.15) is 5.82 Å². The van der Waals surface area contributed by atoms with Gasteiger partial charge >= 0.3 is 5.69 Å². The van der Waals surface area contributed by atoms with Crippen molar-refractivity contribution in [2.24, 2.45) is 5.92 Å². The molecule has 0 amide bonds. The Balaban J connectivity index is 1.54. The van der Waals surface area contributed by atoms with E-state index in [0.29, 0.717) is 24.4 Å². The van der Waals surface area contributed by atoms with Crippen LogP contribution in [-0.4, -0.2) is 18.7 Å². The number of benzene rings is 2. The van der Waals surface area contributed by atoms with Crippen LogP contribution in [-0.2, 0) is 13.0 Å². The SMILES string of the molecule is Cc1cn(-c2ccc(Cc3cn(CC4CC4)c(=O)n(C(C)c4ccc(F)cc4)c3=O)cc2C)cn1. The summed E-state index contributed by atoms with van der Waals surface area (Å²) in [6.45, 7) is 6.42. The molecule has 35 heavy (non-hydrogen) atoms. The first-order valence-electron chi connectivity index (χ1n) is 12.0. The van der Waals surface area contributed by atoms with E-state index in [1.807, 2.05) is 43.7 Å². The second-order valence-electron chi connectivity index (χ2n) is 9.66. The second kappa shape index (κ2) is 9.13. The third-order valence-electron chi connectivity index (χ3n) is 6.79. The standard InChI is InChI=1S/C28H29FN4O2/c1-18-12-22(6-11-26(18)32-14-19(2)30-17-32)13-24-16-31(15-21-4-5-21)28(35)33(27(24)34)20(3)23-7-9-25(29)10-8-23/h6-12,14,16-17,20-21H,4-5,13,15H2,1-3H3. The second-order valence-corrected chi connectivity index (χ2v) is 9.66. The fraction of sp³-hybridized carbons (Fsp3) is 0.321. The molecular formula is C28H29FN4O2. The third-order valence-corrected chi connectivity index (χ3v) is 6.79. The molecule has 1 atom stereocenters. The highest BCUT2D eigenvalue weighted by atomic mass is 19.1. The Morgan fingerprint density at radius 3 is 2.43 bits per heavy atom. The van der Waals surface area contributed by atoms with Crippen molar-refractivity contribution in [1.82, 2.24) is 18.7 Å². The normalized spacial score (nSPS) is 14.3. The molecule has 0 radical (unpaired) electrons. The van der Waals surface area contributed by atoms with E-state index >= 15 is 0 Å². The highest BCUT2D eigenvalue weighted by Crippen LogP contribution is 2.30. The van der Waals surface area contributed by atoms with E-state index in [2.05, 4.69) is 11.1 Å². The van der Waals surface area contributed by atoms with Gasteiger partial charge < -0.3 is 4.57 Å². The summed E-state index contributed by atoms with van der Waals surface area (Å²) in [4.78, 5) is 31.2. The van der Waals surface area contributed by atoms with Crippen molar-refractivity contribution in [2.45, 2.75) is 52.6 Å². The molecule has 2 heterocycles. The van der Waals surface area contributed by atoms with Gasteiger partial charge in [-0.25, -0.2) is 14.2 Å². The summed E-state index contributed by atoms with van der Waals surface area (Å²) in [6.07, 6.45) is 8.13. The van der Waals surface area contributed by atoms with Crippen LogP contribution in [0.4, 0.5) is 4.39 Å². The molecule has 0 saturated heterocycles. The van der Waals surface area contributed by atoms with Gasteiger partial charge in [0.15, 0.2) is 0 Å². The van der Waals surface area contributed by atoms with Crippen molar-refractivity contribution in [2.75, 3.05) is 0 Å². The zero-order chi connectivity index (χ0) is 24.7. The van der Waals surface area contributed by atoms with E-state index in [1.165, 1.54) is 16.7 Å². The van der Waals surface area contributed by atoms with Gasteiger partial charge in [0.2, 0.25) is 0 Å². The average Bonchev–Trinajstić information content (AvgIpc) is 3.55. The fourth-order valence-corrected chi connectivity index (χ4v) is 4.63. The molecular weight excluding hydrogens is 443 g/mol. The minimum Gasteiger partial charge on any atom is -0.306 e. The Morgan fingerprint density at radius 1 is 1.06 bits per heavy atom. The number of hydrogen-bond acceptors (Lipinski definition) is 3. The molecule has 1 saturated carbocycles. The molecule has 0 N–H and O–H groups in total. The van der Waals surface area contributed by atoms with Gasteiger partial charge in [0.25, 0.3) is 5.56 Å². The quantitative estimate of drug-likeness (QED) is 0.396. The Bertz CT molecular complexity index is 1490. The Morgan fingerprint density at radius 2 is 1.80 bits per heavy atom. The average molecular weight is 473 g/mol. The van der Waals surface area contributed by atoms with Crippen LogP contribution in [0.1, 0.15) is 53.8 Å². The molecule has 1 fully saturated rings. The van der Waals surface area contributed by atoms with E-state index in [9.17, 15) is 14.0 Å². The van der Waals surface area contributed by atoms with Gasteiger partial charge in [-0.2, -0.15) is 0 Å². The lowest BCUT2D eigenvalue weighted by molar-refractivity contribution is 0.498. The summed E-state index contributed by atoms with van der Waals surface area (Å²) in [5.41, 5.74) is 4.73. The van der Waals surface area contributed by atoms with E-state index in [4.69, 9.17) is 0 Å². The van der Waals surface area contributed by atoms with Gasteiger partial charge in [0.05, 0.1) is 18.1 Å². The maximum absolute atomic E-state index is 13.6. The van der Waals surface area contributed by atoms with Gasteiger partial charge in [0, 0.05) is 36.6 Å². The molecule has 2 aromatic heterocycles. The smallest absolute Gasteiger partial charge is 0.306 e. The number of aryl methyl sites for hydroxylation is 2. The lowest BCUT2D eigenvalue weighted by Gasteiger charge is -2.19. The van der Waals surface area contributed by atoms with Gasteiger partial charge in [-0.3, -0.25) is 13.9 Å². The van der Waals surface area contributed by atoms with Crippen LogP contribution in [0.25, 0.3) is 5.69 Å². The lowest BCUT2D eigenvalue weighted by atomic mass is 10.0. The van der Waals surface area contributed by atoms with Crippen LogP contribution in [0.5, 0.6) is 0 Å². The van der Waals surface area contributed by atoms with Crippen LogP contribution in [0, 0.1) is 25.6 Å². The summed E-state index contributed by atoms with van der Waals surface area (Å²) in [6, 6.07) is 11.6. The predicted molar refractivity (Wildman–Crippen MR) is 134 cm³/mol. The summed E-state index contributed by atoms with van der Waals surface area (Å²) in [5.74, 6) is 0.130. The van der Waals surface area contributed by atoms with Gasteiger partial charge in [-0.15, -0.1) is 0 Å². The molecule has 4 aromatic rings. The van der Waals surface area contributed by atoms with Crippen LogP contribution in [0.15, 0.2) is 70.8 Å². The van der Waals surface area contributed by atoms with Crippen LogP contribution in [0.2, 0.25) is 0 Å². The molecule has 0 bridgehead atoms. The van der Waals surface area contributed by atoms with E-state index < -0.39 is 6.04 Å². The molecule has 1 aliphatic carbocycles. The highest BCUT2D eigenvalue weighted by molar-refractivity contribution is 5.44. The molecule has 1 unspecified atom stereocenters. The number of imidazole rings is 1. The summed E-state index contributed by atoms with van der Waals surface area (Å²) in [7, 11) is 0. The number of aromatic nitrogens is 4. The Kier molecular flexibility index (Phi) is 6.01. The van der Waals surface area contributed by atoms with Crippen molar-refractivity contribution in [3.63, 3.8) is 0 Å². The largest absolute Gasteiger partial charge is 0.331 e. The van der Waals surface area contributed by atoms with Crippen LogP contribution < -0.4 is 11.2 Å². The minimum atomic E-state index is -0.505. The molecule has 6 nitrogen and oxygen atoms in total. The Labute approximate surface area is 203 Å². The molecule has 2 aromatic carbocycles. The van der Waals surface area contributed by atoms with Gasteiger partial charge in [-0.05, 0) is 74.4 Å². The van der Waals surface area contributed by atoms with Crippen molar-refractivity contribution < 1.29 is 4.39 Å². The first-order valence-corrected chi connectivity index (χ1v) is 12.0. The summed E-state index contributed by atoms with van der Waals surface area (Å²) < 4.78 is 18.5. The van der Waals surface area contributed by atoms with Crippen molar-refractivity contribution in [3.05, 3.63) is 116 Å². The maximum atomic E-state index is 13.6. The minimum absolute atomic E-state index is 0.300. The number of halogens is 1. The molecule has 1 aliphatic rings. The van der Waals surface area contributed by atoms with Gasteiger partial charge in [-0.1, -0.05) is 24.3 Å². The topological polar surface area (TPSA) is 61.8 Å². The Hall–Kier alpha value is -3.74. The van der Waals surface area contributed by atoms with Crippen molar-refractivity contribution in [1.29, 1.82) is 0 Å². The van der Waals surface area contributed by atoms with Crippen molar-refractivity contribution >= 4 is 0 Å². The number of hydrogen-bond donors (Lipinski definition) is 0. The van der Waals surface area contributed by atoms with E-state index in [-0.39, 0.29) is 17.1 Å². The predicted octanol–water partition coefficient (Wildman–Crippen LogP) is 4.56. The molecule has 0 spiro atoms. The number of rotatable bonds is 7. The third kappa shape index (κ3) is 4.76. The fourth-order valence-electron chi connectivity index (χ4n) is 4.63. The van der Waals surface area contributed by atoms with E-state index in [1.54, 1.807) is 29.2 Å². The van der Waals surface area contributed by atoms with Crippen molar-refractivity contribution in [3.8, 4) is 5.69 Å². The zero-order valence-electron chi connectivity index (χ0n) is 20.2. The zero-order valence-corrected chi connectivity index (χ0v) is 20.2. The highest BCUT2D eigenvalue weighted by Gasteiger charge is 2.25. The molecule has 7 heteroatoms. The summed E-state index contributed by atoms with van der Waals surface area (Å²) in [5, 5.41) is 0. The molecule has 5 rings (SSSR count). The lowest BCUT2D eigenvalue weighted by Crippen LogP contribution is -2.43. The summed E-state index contributed by atoms with van der Waals surface area (Å²) >= 11 is 0. The first-order chi connectivity index (χ1) is 16.8. The van der Waals surface area contributed by atoms with E-state index in [0.717, 1.165) is 40.9 Å².